The predicted octanol–water partition coefficient (Wildman–Crippen LogP) is 5.74. The average molecular weight is 400 g/mol. The molecule has 0 unspecified atom stereocenters. The lowest BCUT2D eigenvalue weighted by Gasteiger charge is -2.22. The number of carbonyl (C=O) groups is 1. The van der Waals surface area contributed by atoms with Gasteiger partial charge in [0.2, 0.25) is 0 Å². The van der Waals surface area contributed by atoms with E-state index in [-0.39, 0.29) is 5.91 Å². The number of aromatic nitrogens is 1. The highest BCUT2D eigenvalue weighted by Crippen LogP contribution is 2.38. The molecule has 29 heavy (non-hydrogen) atoms. The molecule has 0 bridgehead atoms. The summed E-state index contributed by atoms with van der Waals surface area (Å²) in [6.07, 6.45) is 4.41. The Labute approximate surface area is 173 Å². The summed E-state index contributed by atoms with van der Waals surface area (Å²) in [5, 5.41) is 0.903. The number of benzene rings is 2. The van der Waals surface area contributed by atoms with Crippen molar-refractivity contribution in [2.24, 2.45) is 0 Å². The summed E-state index contributed by atoms with van der Waals surface area (Å²) < 4.78 is 0. The number of hydrogen-bond donors (Lipinski definition) is 1. The third kappa shape index (κ3) is 3.17. The maximum absolute atomic E-state index is 13.7. The first-order chi connectivity index (χ1) is 14.2. The third-order valence-electron chi connectivity index (χ3n) is 5.43. The Bertz CT molecular complexity index is 1150. The lowest BCUT2D eigenvalue weighted by Crippen LogP contribution is -2.25. The molecule has 0 spiro atoms. The summed E-state index contributed by atoms with van der Waals surface area (Å²) in [5.74, 6) is -0.124. The highest BCUT2D eigenvalue weighted by molar-refractivity contribution is 7.21. The van der Waals surface area contributed by atoms with Gasteiger partial charge >= 0.3 is 0 Å². The summed E-state index contributed by atoms with van der Waals surface area (Å²) in [7, 11) is 0. The quantitative estimate of drug-likeness (QED) is 0.478. The number of pyridine rings is 1. The van der Waals surface area contributed by atoms with Gasteiger partial charge in [0.05, 0.1) is 5.69 Å². The van der Waals surface area contributed by atoms with Crippen molar-refractivity contribution in [2.75, 3.05) is 10.6 Å². The van der Waals surface area contributed by atoms with Crippen LogP contribution in [0, 0.1) is 0 Å². The van der Waals surface area contributed by atoms with E-state index >= 15 is 0 Å². The van der Waals surface area contributed by atoms with Crippen molar-refractivity contribution in [3.8, 4) is 0 Å². The van der Waals surface area contributed by atoms with E-state index in [9.17, 15) is 4.79 Å². The smallest absolute Gasteiger partial charge is 0.275 e. The number of amides is 1. The lowest BCUT2D eigenvalue weighted by molar-refractivity contribution is 0.100. The fraction of sp³-hybridized carbons (Fsp3) is 0.167. The Balaban J connectivity index is 1.64. The monoisotopic (exact) mass is 399 g/mol. The molecule has 2 aromatic heterocycles. The first-order valence-electron chi connectivity index (χ1n) is 9.87. The van der Waals surface area contributed by atoms with Crippen molar-refractivity contribution in [3.05, 3.63) is 82.9 Å². The normalized spacial score (nSPS) is 13.2. The molecule has 5 rings (SSSR count). The highest BCUT2D eigenvalue weighted by atomic mass is 32.1. The van der Waals surface area contributed by atoms with Gasteiger partial charge in [-0.25, -0.2) is 4.98 Å². The van der Waals surface area contributed by atoms with Gasteiger partial charge in [-0.2, -0.15) is 0 Å². The van der Waals surface area contributed by atoms with Gasteiger partial charge in [0.25, 0.3) is 5.91 Å². The van der Waals surface area contributed by atoms with Gasteiger partial charge in [0.15, 0.2) is 0 Å². The van der Waals surface area contributed by atoms with Crippen LogP contribution in [0.3, 0.4) is 0 Å². The van der Waals surface area contributed by atoms with Gasteiger partial charge in [0, 0.05) is 22.5 Å². The average Bonchev–Trinajstić information content (AvgIpc) is 3.09. The molecule has 2 heterocycles. The van der Waals surface area contributed by atoms with Crippen LogP contribution in [0.4, 0.5) is 17.1 Å². The summed E-state index contributed by atoms with van der Waals surface area (Å²) in [6, 6.07) is 21.5. The fourth-order valence-corrected chi connectivity index (χ4v) is 4.98. The standard InChI is InChI=1S/C24H21N3OS/c25-21-19-15-16-9-7-8-14-20(16)26-23(19)29-22(21)24(28)27(17-10-3-1-4-11-17)18-12-5-2-6-13-18/h1-6,10-13,15H,7-9,14,25H2. The minimum absolute atomic E-state index is 0.124. The number of para-hydroxylation sites is 2. The number of carbonyl (C=O) groups excluding carboxylic acids is 1. The number of aryl methyl sites for hydroxylation is 2. The molecule has 1 aliphatic rings. The molecule has 1 amide bonds. The number of fused-ring (bicyclic) bond motifs is 2. The second-order valence-electron chi connectivity index (χ2n) is 7.31. The Morgan fingerprint density at radius 3 is 2.21 bits per heavy atom. The van der Waals surface area contributed by atoms with Gasteiger partial charge < -0.3 is 5.73 Å². The van der Waals surface area contributed by atoms with Crippen LogP contribution < -0.4 is 10.6 Å². The van der Waals surface area contributed by atoms with Crippen LogP contribution in [-0.4, -0.2) is 10.9 Å². The van der Waals surface area contributed by atoms with Crippen LogP contribution in [-0.2, 0) is 12.8 Å². The summed E-state index contributed by atoms with van der Waals surface area (Å²) >= 11 is 1.40. The molecule has 0 saturated carbocycles. The first kappa shape index (κ1) is 17.9. The molecule has 2 aromatic carbocycles. The van der Waals surface area contributed by atoms with E-state index in [1.54, 1.807) is 4.90 Å². The minimum atomic E-state index is -0.124. The topological polar surface area (TPSA) is 59.2 Å². The molecule has 2 N–H and O–H groups in total. The molecule has 5 heteroatoms. The maximum Gasteiger partial charge on any atom is 0.275 e. The number of nitrogens with zero attached hydrogens (tertiary/aromatic N) is 2. The Kier molecular flexibility index (Phi) is 4.52. The zero-order valence-electron chi connectivity index (χ0n) is 16.0. The van der Waals surface area contributed by atoms with E-state index < -0.39 is 0 Å². The Morgan fingerprint density at radius 1 is 0.931 bits per heavy atom. The Hall–Kier alpha value is -3.18. The van der Waals surface area contributed by atoms with Crippen LogP contribution in [0.5, 0.6) is 0 Å². The van der Waals surface area contributed by atoms with E-state index in [2.05, 4.69) is 6.07 Å². The molecule has 0 fully saturated rings. The first-order valence-corrected chi connectivity index (χ1v) is 10.7. The summed E-state index contributed by atoms with van der Waals surface area (Å²) in [6.45, 7) is 0. The zero-order valence-corrected chi connectivity index (χ0v) is 16.8. The van der Waals surface area contributed by atoms with Crippen molar-refractivity contribution < 1.29 is 4.79 Å². The molecule has 0 atom stereocenters. The SMILES string of the molecule is Nc1c(C(=O)N(c2ccccc2)c2ccccc2)sc2nc3c(cc12)CCCC3. The molecule has 4 aromatic rings. The number of thiophene rings is 1. The second-order valence-corrected chi connectivity index (χ2v) is 8.31. The van der Waals surface area contributed by atoms with E-state index in [4.69, 9.17) is 10.7 Å². The number of nitrogens with two attached hydrogens (primary N) is 1. The van der Waals surface area contributed by atoms with Gasteiger partial charge in [-0.1, -0.05) is 36.4 Å². The van der Waals surface area contributed by atoms with Crippen molar-refractivity contribution in [1.82, 2.24) is 4.98 Å². The number of anilines is 3. The van der Waals surface area contributed by atoms with E-state index in [1.807, 2.05) is 60.7 Å². The number of rotatable bonds is 3. The molecule has 1 aliphatic carbocycles. The largest absolute Gasteiger partial charge is 0.397 e. The molecular weight excluding hydrogens is 378 g/mol. The molecule has 4 nitrogen and oxygen atoms in total. The lowest BCUT2D eigenvalue weighted by atomic mass is 9.95. The molecule has 0 radical (unpaired) electrons. The van der Waals surface area contributed by atoms with Crippen molar-refractivity contribution in [2.45, 2.75) is 25.7 Å². The fourth-order valence-electron chi connectivity index (χ4n) is 3.96. The third-order valence-corrected chi connectivity index (χ3v) is 6.53. The second kappa shape index (κ2) is 7.33. The Morgan fingerprint density at radius 2 is 1.55 bits per heavy atom. The molecule has 0 saturated heterocycles. The summed E-state index contributed by atoms with van der Waals surface area (Å²) in [4.78, 5) is 21.7. The van der Waals surface area contributed by atoms with Crippen LogP contribution in [0.1, 0.15) is 33.8 Å². The van der Waals surface area contributed by atoms with Crippen LogP contribution in [0.2, 0.25) is 0 Å². The van der Waals surface area contributed by atoms with Crippen LogP contribution in [0.15, 0.2) is 66.7 Å². The summed E-state index contributed by atoms with van der Waals surface area (Å²) in [5.41, 5.74) is 11.1. The zero-order chi connectivity index (χ0) is 19.8. The van der Waals surface area contributed by atoms with Crippen molar-refractivity contribution in [1.29, 1.82) is 0 Å². The van der Waals surface area contributed by atoms with Gasteiger partial charge in [-0.05, 0) is 61.6 Å². The number of nitrogen functional groups attached to an aromatic ring is 1. The van der Waals surface area contributed by atoms with E-state index in [0.717, 1.165) is 40.1 Å². The van der Waals surface area contributed by atoms with Crippen LogP contribution >= 0.6 is 11.3 Å². The van der Waals surface area contributed by atoms with Crippen molar-refractivity contribution >= 4 is 44.5 Å². The predicted molar refractivity (Wildman–Crippen MR) is 120 cm³/mol. The number of hydrogen-bond acceptors (Lipinski definition) is 4. The van der Waals surface area contributed by atoms with Gasteiger partial charge in [-0.3, -0.25) is 9.69 Å². The van der Waals surface area contributed by atoms with Gasteiger partial charge in [-0.15, -0.1) is 11.3 Å². The molecule has 144 valence electrons. The van der Waals surface area contributed by atoms with E-state index in [0.29, 0.717) is 10.6 Å². The van der Waals surface area contributed by atoms with Gasteiger partial charge in [0.1, 0.15) is 9.71 Å². The highest BCUT2D eigenvalue weighted by Gasteiger charge is 2.26. The molecule has 0 aliphatic heterocycles. The minimum Gasteiger partial charge on any atom is -0.397 e. The maximum atomic E-state index is 13.7. The van der Waals surface area contributed by atoms with Crippen LogP contribution in [0.25, 0.3) is 10.2 Å². The van der Waals surface area contributed by atoms with Crippen molar-refractivity contribution in [3.63, 3.8) is 0 Å². The molecular formula is C24H21N3OS. The van der Waals surface area contributed by atoms with E-state index in [1.165, 1.54) is 29.7 Å².